The standard InChI is InChI=1S/C23H22O10/c1-30-22(28)14-11-32-21-16(25)7-4-13(20(14)21)5-8-19(27)33-18(23(29)31-2)10-12-3-6-15(24)17(26)9-12/h3-9,14,18,24-26H,10-11H2,1-2H3/b8-5+. The summed E-state index contributed by atoms with van der Waals surface area (Å²) in [6.07, 6.45) is 1.01. The third kappa shape index (κ3) is 5.17. The highest BCUT2D eigenvalue weighted by atomic mass is 16.6. The van der Waals surface area contributed by atoms with E-state index < -0.39 is 29.9 Å². The van der Waals surface area contributed by atoms with Crippen molar-refractivity contribution in [1.82, 2.24) is 0 Å². The zero-order valence-electron chi connectivity index (χ0n) is 17.8. The number of esters is 3. The van der Waals surface area contributed by atoms with Gasteiger partial charge in [-0.05, 0) is 35.4 Å². The first-order valence-electron chi connectivity index (χ1n) is 9.79. The second-order valence-electron chi connectivity index (χ2n) is 7.11. The van der Waals surface area contributed by atoms with Crippen LogP contribution in [-0.4, -0.2) is 60.2 Å². The van der Waals surface area contributed by atoms with E-state index in [-0.39, 0.29) is 36.0 Å². The highest BCUT2D eigenvalue weighted by Gasteiger charge is 2.35. The molecule has 174 valence electrons. The average Bonchev–Trinajstić information content (AvgIpc) is 3.26. The molecule has 1 aliphatic rings. The van der Waals surface area contributed by atoms with Crippen molar-refractivity contribution in [2.45, 2.75) is 18.4 Å². The number of aromatic hydroxyl groups is 3. The molecule has 10 heteroatoms. The molecule has 0 aromatic heterocycles. The summed E-state index contributed by atoms with van der Waals surface area (Å²) in [5.74, 6) is -3.76. The molecule has 0 fully saturated rings. The van der Waals surface area contributed by atoms with Crippen molar-refractivity contribution in [1.29, 1.82) is 0 Å². The Morgan fingerprint density at radius 1 is 1.06 bits per heavy atom. The molecule has 0 amide bonds. The van der Waals surface area contributed by atoms with Gasteiger partial charge in [-0.3, -0.25) is 4.79 Å². The summed E-state index contributed by atoms with van der Waals surface area (Å²) in [6.45, 7) is -0.0191. The van der Waals surface area contributed by atoms with Gasteiger partial charge in [-0.1, -0.05) is 12.1 Å². The number of hydrogen-bond donors (Lipinski definition) is 3. The molecular weight excluding hydrogens is 436 g/mol. The van der Waals surface area contributed by atoms with Crippen LogP contribution in [-0.2, 0) is 35.0 Å². The zero-order valence-corrected chi connectivity index (χ0v) is 17.8. The molecule has 0 bridgehead atoms. The Kier molecular flexibility index (Phi) is 7.07. The Morgan fingerprint density at radius 2 is 1.79 bits per heavy atom. The smallest absolute Gasteiger partial charge is 0.347 e. The van der Waals surface area contributed by atoms with Crippen molar-refractivity contribution in [2.24, 2.45) is 0 Å². The molecule has 0 aliphatic carbocycles. The Morgan fingerprint density at radius 3 is 2.45 bits per heavy atom. The highest BCUT2D eigenvalue weighted by molar-refractivity contribution is 5.91. The lowest BCUT2D eigenvalue weighted by Gasteiger charge is -2.15. The maximum absolute atomic E-state index is 12.4. The van der Waals surface area contributed by atoms with E-state index >= 15 is 0 Å². The minimum atomic E-state index is -1.31. The molecule has 0 saturated heterocycles. The third-order valence-electron chi connectivity index (χ3n) is 5.02. The Labute approximate surface area is 188 Å². The summed E-state index contributed by atoms with van der Waals surface area (Å²) in [7, 11) is 2.37. The van der Waals surface area contributed by atoms with Gasteiger partial charge in [0, 0.05) is 18.1 Å². The van der Waals surface area contributed by atoms with E-state index in [1.165, 1.54) is 43.5 Å². The van der Waals surface area contributed by atoms with Gasteiger partial charge in [0.1, 0.15) is 12.5 Å². The van der Waals surface area contributed by atoms with E-state index in [0.29, 0.717) is 16.7 Å². The van der Waals surface area contributed by atoms with Crippen LogP contribution >= 0.6 is 0 Å². The van der Waals surface area contributed by atoms with Crippen LogP contribution in [0.1, 0.15) is 22.6 Å². The first-order valence-corrected chi connectivity index (χ1v) is 9.79. The number of methoxy groups -OCH3 is 2. The van der Waals surface area contributed by atoms with Crippen molar-refractivity contribution in [3.8, 4) is 23.0 Å². The summed E-state index contributed by atoms with van der Waals surface area (Å²) < 4.78 is 20.1. The lowest BCUT2D eigenvalue weighted by Crippen LogP contribution is -2.30. The number of fused-ring (bicyclic) bond motifs is 1. The van der Waals surface area contributed by atoms with E-state index in [1.807, 2.05) is 0 Å². The normalized spacial score (nSPS) is 15.4. The number of phenols is 3. The summed E-state index contributed by atoms with van der Waals surface area (Å²) in [5, 5.41) is 29.1. The molecule has 3 rings (SSSR count). The van der Waals surface area contributed by atoms with Gasteiger partial charge >= 0.3 is 17.9 Å². The first kappa shape index (κ1) is 23.5. The monoisotopic (exact) mass is 458 g/mol. The zero-order chi connectivity index (χ0) is 24.1. The van der Waals surface area contributed by atoms with Gasteiger partial charge in [0.2, 0.25) is 6.10 Å². The van der Waals surface area contributed by atoms with E-state index in [0.717, 1.165) is 13.2 Å². The van der Waals surface area contributed by atoms with Crippen molar-refractivity contribution in [3.05, 3.63) is 53.1 Å². The second-order valence-corrected chi connectivity index (χ2v) is 7.11. The van der Waals surface area contributed by atoms with Crippen LogP contribution in [0.5, 0.6) is 23.0 Å². The fourth-order valence-corrected chi connectivity index (χ4v) is 3.39. The molecule has 2 atom stereocenters. The number of phenolic OH excluding ortho intramolecular Hbond substituents is 3. The van der Waals surface area contributed by atoms with Gasteiger partial charge in [0.15, 0.2) is 23.0 Å². The van der Waals surface area contributed by atoms with Crippen LogP contribution in [0.15, 0.2) is 36.4 Å². The SMILES string of the molecule is COC(=O)C(Cc1ccc(O)c(O)c1)OC(=O)/C=C/c1ccc(O)c2c1C(C(=O)OC)CO2. The van der Waals surface area contributed by atoms with Crippen LogP contribution in [0.25, 0.3) is 6.08 Å². The Bertz CT molecular complexity index is 1100. The number of ether oxygens (including phenoxy) is 4. The molecule has 2 unspecified atom stereocenters. The minimum absolute atomic E-state index is 0.0191. The van der Waals surface area contributed by atoms with Gasteiger partial charge in [-0.2, -0.15) is 0 Å². The molecule has 0 radical (unpaired) electrons. The molecule has 3 N–H and O–H groups in total. The third-order valence-corrected chi connectivity index (χ3v) is 5.02. The quantitative estimate of drug-likeness (QED) is 0.243. The van der Waals surface area contributed by atoms with Gasteiger partial charge in [-0.15, -0.1) is 0 Å². The lowest BCUT2D eigenvalue weighted by molar-refractivity contribution is -0.162. The topological polar surface area (TPSA) is 149 Å². The number of carbonyl (C=O) groups is 3. The van der Waals surface area contributed by atoms with Gasteiger partial charge < -0.3 is 34.3 Å². The number of carbonyl (C=O) groups excluding carboxylic acids is 3. The largest absolute Gasteiger partial charge is 0.504 e. The maximum atomic E-state index is 12.4. The molecule has 2 aromatic rings. The predicted molar refractivity (Wildman–Crippen MR) is 113 cm³/mol. The summed E-state index contributed by atoms with van der Waals surface area (Å²) in [4.78, 5) is 36.6. The molecule has 2 aromatic carbocycles. The minimum Gasteiger partial charge on any atom is -0.504 e. The summed E-state index contributed by atoms with van der Waals surface area (Å²) in [6, 6.07) is 6.80. The van der Waals surface area contributed by atoms with Crippen molar-refractivity contribution in [3.63, 3.8) is 0 Å². The van der Waals surface area contributed by atoms with Crippen LogP contribution in [0.3, 0.4) is 0 Å². The van der Waals surface area contributed by atoms with E-state index in [9.17, 15) is 29.7 Å². The Hall–Kier alpha value is -4.21. The number of rotatable bonds is 7. The van der Waals surface area contributed by atoms with Gasteiger partial charge in [0.05, 0.1) is 14.2 Å². The lowest BCUT2D eigenvalue weighted by atomic mass is 9.95. The van der Waals surface area contributed by atoms with Gasteiger partial charge in [0.25, 0.3) is 0 Å². The highest BCUT2D eigenvalue weighted by Crippen LogP contribution is 2.43. The fourth-order valence-electron chi connectivity index (χ4n) is 3.39. The predicted octanol–water partition coefficient (Wildman–Crippen LogP) is 1.79. The fraction of sp³-hybridized carbons (Fsp3) is 0.261. The van der Waals surface area contributed by atoms with E-state index in [1.54, 1.807) is 0 Å². The van der Waals surface area contributed by atoms with Crippen LogP contribution in [0, 0.1) is 0 Å². The summed E-state index contributed by atoms with van der Waals surface area (Å²) >= 11 is 0. The summed E-state index contributed by atoms with van der Waals surface area (Å²) in [5.41, 5.74) is 1.22. The second kappa shape index (κ2) is 9.94. The molecule has 1 heterocycles. The van der Waals surface area contributed by atoms with E-state index in [2.05, 4.69) is 4.74 Å². The van der Waals surface area contributed by atoms with Crippen molar-refractivity contribution < 1.29 is 48.7 Å². The first-order chi connectivity index (χ1) is 15.7. The number of hydrogen-bond acceptors (Lipinski definition) is 10. The molecule has 0 spiro atoms. The molecular formula is C23H22O10. The van der Waals surface area contributed by atoms with Crippen molar-refractivity contribution in [2.75, 3.05) is 20.8 Å². The molecule has 10 nitrogen and oxygen atoms in total. The molecule has 33 heavy (non-hydrogen) atoms. The molecule has 0 saturated carbocycles. The van der Waals surface area contributed by atoms with Crippen LogP contribution in [0.4, 0.5) is 0 Å². The number of benzene rings is 2. The van der Waals surface area contributed by atoms with Crippen molar-refractivity contribution >= 4 is 24.0 Å². The van der Waals surface area contributed by atoms with Crippen LogP contribution in [0.2, 0.25) is 0 Å². The van der Waals surface area contributed by atoms with Crippen LogP contribution < -0.4 is 4.74 Å². The molecule has 1 aliphatic heterocycles. The van der Waals surface area contributed by atoms with E-state index in [4.69, 9.17) is 14.2 Å². The maximum Gasteiger partial charge on any atom is 0.347 e. The average molecular weight is 458 g/mol. The van der Waals surface area contributed by atoms with Gasteiger partial charge in [-0.25, -0.2) is 9.59 Å². The Balaban J connectivity index is 1.79.